The summed E-state index contributed by atoms with van der Waals surface area (Å²) in [5.74, 6) is -0.511. The van der Waals surface area contributed by atoms with Gasteiger partial charge in [0, 0.05) is 17.0 Å². The van der Waals surface area contributed by atoms with Gasteiger partial charge in [0.25, 0.3) is 0 Å². The number of halogens is 1. The fraction of sp³-hybridized carbons (Fsp3) is 0.364. The molecule has 0 heterocycles. The van der Waals surface area contributed by atoms with Gasteiger partial charge in [-0.15, -0.1) is 0 Å². The molecule has 1 amide bonds. The molecule has 1 unspecified atom stereocenters. The fourth-order valence-electron chi connectivity index (χ4n) is 3.05. The molecule has 0 aliphatic heterocycles. The molecule has 2 aromatic rings. The third kappa shape index (κ3) is 6.04. The van der Waals surface area contributed by atoms with Crippen LogP contribution in [0.25, 0.3) is 0 Å². The quantitative estimate of drug-likeness (QED) is 0.430. The highest BCUT2D eigenvalue weighted by atomic mass is 127. The number of ether oxygens (including phenoxy) is 1. The molecule has 0 aromatic heterocycles. The van der Waals surface area contributed by atoms with Gasteiger partial charge in [0.05, 0.1) is 12.6 Å². The Kier molecular flexibility index (Phi) is 8.92. The second kappa shape index (κ2) is 11.2. The van der Waals surface area contributed by atoms with Gasteiger partial charge in [-0.3, -0.25) is 4.79 Å². The summed E-state index contributed by atoms with van der Waals surface area (Å²) in [6, 6.07) is 16.6. The molecule has 28 heavy (non-hydrogen) atoms. The van der Waals surface area contributed by atoms with E-state index in [0.717, 1.165) is 14.7 Å². The molecule has 0 spiro atoms. The van der Waals surface area contributed by atoms with Crippen molar-refractivity contribution in [3.05, 3.63) is 69.3 Å². The van der Waals surface area contributed by atoms with Crippen LogP contribution in [0, 0.1) is 3.57 Å². The molecule has 0 bridgehead atoms. The number of hydrogen-bond donors (Lipinski definition) is 1. The maximum absolute atomic E-state index is 13.2. The SMILES string of the molecule is CCOC(=O)C(Cc1ccccc1I)N(C)C(=O)[C@H](Cc1ccccc1)NC. The van der Waals surface area contributed by atoms with E-state index in [4.69, 9.17) is 4.74 Å². The van der Waals surface area contributed by atoms with Crippen molar-refractivity contribution in [1.82, 2.24) is 10.2 Å². The molecule has 2 aromatic carbocycles. The first kappa shape index (κ1) is 22.4. The lowest BCUT2D eigenvalue weighted by atomic mass is 10.0. The van der Waals surface area contributed by atoms with Crippen molar-refractivity contribution in [2.75, 3.05) is 20.7 Å². The lowest BCUT2D eigenvalue weighted by Gasteiger charge is -2.30. The molecule has 0 fully saturated rings. The summed E-state index contributed by atoms with van der Waals surface area (Å²) >= 11 is 2.25. The maximum Gasteiger partial charge on any atom is 0.329 e. The van der Waals surface area contributed by atoms with Crippen LogP contribution >= 0.6 is 22.6 Å². The number of likely N-dealkylation sites (N-methyl/N-ethyl adjacent to an activating group) is 2. The molecule has 2 atom stereocenters. The molecule has 2 rings (SSSR count). The van der Waals surface area contributed by atoms with Crippen LogP contribution in [-0.2, 0) is 27.2 Å². The van der Waals surface area contributed by atoms with E-state index < -0.39 is 12.1 Å². The van der Waals surface area contributed by atoms with Crippen molar-refractivity contribution >= 4 is 34.5 Å². The number of hydrogen-bond acceptors (Lipinski definition) is 4. The molecule has 0 aliphatic carbocycles. The minimum Gasteiger partial charge on any atom is -0.464 e. The maximum atomic E-state index is 13.2. The molecular weight excluding hydrogens is 467 g/mol. The number of rotatable bonds is 9. The Hall–Kier alpha value is -1.93. The van der Waals surface area contributed by atoms with Gasteiger partial charge in [-0.2, -0.15) is 0 Å². The van der Waals surface area contributed by atoms with E-state index in [1.54, 1.807) is 21.0 Å². The van der Waals surface area contributed by atoms with Crippen LogP contribution in [0.3, 0.4) is 0 Å². The Morgan fingerprint density at radius 2 is 1.71 bits per heavy atom. The number of carbonyl (C=O) groups excluding carboxylic acids is 2. The topological polar surface area (TPSA) is 58.6 Å². The molecule has 1 N–H and O–H groups in total. The zero-order valence-corrected chi connectivity index (χ0v) is 18.7. The van der Waals surface area contributed by atoms with E-state index in [9.17, 15) is 9.59 Å². The van der Waals surface area contributed by atoms with Gasteiger partial charge in [-0.05, 0) is 60.2 Å². The van der Waals surface area contributed by atoms with Gasteiger partial charge < -0.3 is 15.0 Å². The van der Waals surface area contributed by atoms with Crippen molar-refractivity contribution in [2.24, 2.45) is 0 Å². The largest absolute Gasteiger partial charge is 0.464 e. The highest BCUT2D eigenvalue weighted by Gasteiger charge is 2.32. The first-order valence-corrected chi connectivity index (χ1v) is 10.4. The summed E-state index contributed by atoms with van der Waals surface area (Å²) < 4.78 is 6.32. The number of nitrogens with one attached hydrogen (secondary N) is 1. The summed E-state index contributed by atoms with van der Waals surface area (Å²) in [6.45, 7) is 2.05. The molecule has 0 radical (unpaired) electrons. The highest BCUT2D eigenvalue weighted by Crippen LogP contribution is 2.17. The zero-order chi connectivity index (χ0) is 20.5. The van der Waals surface area contributed by atoms with Crippen LogP contribution in [0.1, 0.15) is 18.1 Å². The second-order valence-corrected chi connectivity index (χ2v) is 7.71. The van der Waals surface area contributed by atoms with E-state index in [1.807, 2.05) is 54.6 Å². The zero-order valence-electron chi connectivity index (χ0n) is 16.5. The molecule has 5 nitrogen and oxygen atoms in total. The van der Waals surface area contributed by atoms with Gasteiger partial charge in [0.15, 0.2) is 0 Å². The third-order valence-electron chi connectivity index (χ3n) is 4.67. The van der Waals surface area contributed by atoms with E-state index in [-0.39, 0.29) is 18.5 Å². The predicted octanol–water partition coefficient (Wildman–Crippen LogP) is 3.05. The molecule has 0 aliphatic rings. The number of benzene rings is 2. The predicted molar refractivity (Wildman–Crippen MR) is 119 cm³/mol. The molecular formula is C22H27IN2O3. The first-order valence-electron chi connectivity index (χ1n) is 9.35. The van der Waals surface area contributed by atoms with E-state index in [0.29, 0.717) is 12.8 Å². The summed E-state index contributed by atoms with van der Waals surface area (Å²) in [5.41, 5.74) is 2.08. The van der Waals surface area contributed by atoms with Gasteiger partial charge in [-0.1, -0.05) is 48.5 Å². The van der Waals surface area contributed by atoms with Crippen molar-refractivity contribution < 1.29 is 14.3 Å². The van der Waals surface area contributed by atoms with Gasteiger partial charge in [0.1, 0.15) is 6.04 Å². The average molecular weight is 494 g/mol. The Bertz CT molecular complexity index is 782. The third-order valence-corrected chi connectivity index (χ3v) is 5.73. The molecule has 0 saturated carbocycles. The molecule has 6 heteroatoms. The van der Waals surface area contributed by atoms with Crippen LogP contribution in [0.2, 0.25) is 0 Å². The normalized spacial score (nSPS) is 12.9. The van der Waals surface area contributed by atoms with Crippen molar-refractivity contribution in [3.63, 3.8) is 0 Å². The van der Waals surface area contributed by atoms with Crippen molar-refractivity contribution in [2.45, 2.75) is 31.8 Å². The first-order chi connectivity index (χ1) is 13.5. The van der Waals surface area contributed by atoms with Gasteiger partial charge >= 0.3 is 5.97 Å². The number of esters is 1. The standard InChI is InChI=1S/C22H27IN2O3/c1-4-28-22(27)20(15-17-12-8-9-13-18(17)23)25(3)21(26)19(24-2)14-16-10-6-5-7-11-16/h5-13,19-20,24H,4,14-15H2,1-3H3/t19-,20?/m0/s1. The van der Waals surface area contributed by atoms with Crippen molar-refractivity contribution in [1.29, 1.82) is 0 Å². The molecule has 0 saturated heterocycles. The van der Waals surface area contributed by atoms with E-state index >= 15 is 0 Å². The minimum absolute atomic E-state index is 0.129. The fourth-order valence-corrected chi connectivity index (χ4v) is 3.66. The van der Waals surface area contributed by atoms with E-state index in [2.05, 4.69) is 27.9 Å². The van der Waals surface area contributed by atoms with Crippen LogP contribution in [0.5, 0.6) is 0 Å². The summed E-state index contributed by atoms with van der Waals surface area (Å²) in [6.07, 6.45) is 0.973. The van der Waals surface area contributed by atoms with Crippen LogP contribution in [-0.4, -0.2) is 49.6 Å². The summed E-state index contributed by atoms with van der Waals surface area (Å²) in [4.78, 5) is 27.3. The van der Waals surface area contributed by atoms with Crippen LogP contribution < -0.4 is 5.32 Å². The average Bonchev–Trinajstić information content (AvgIpc) is 2.71. The van der Waals surface area contributed by atoms with Gasteiger partial charge in [0.2, 0.25) is 5.91 Å². The second-order valence-electron chi connectivity index (χ2n) is 6.54. The van der Waals surface area contributed by atoms with Crippen molar-refractivity contribution in [3.8, 4) is 0 Å². The number of amides is 1. The summed E-state index contributed by atoms with van der Waals surface area (Å²) in [7, 11) is 3.44. The number of carbonyl (C=O) groups is 2. The van der Waals surface area contributed by atoms with E-state index in [1.165, 1.54) is 4.90 Å². The highest BCUT2D eigenvalue weighted by molar-refractivity contribution is 14.1. The monoisotopic (exact) mass is 494 g/mol. The number of nitrogens with zero attached hydrogens (tertiary/aromatic N) is 1. The van der Waals surface area contributed by atoms with Gasteiger partial charge in [-0.25, -0.2) is 4.79 Å². The lowest BCUT2D eigenvalue weighted by molar-refractivity contribution is -0.154. The Labute approximate surface area is 180 Å². The Morgan fingerprint density at radius 1 is 1.07 bits per heavy atom. The van der Waals surface area contributed by atoms with Crippen LogP contribution in [0.15, 0.2) is 54.6 Å². The Morgan fingerprint density at radius 3 is 2.32 bits per heavy atom. The van der Waals surface area contributed by atoms with Crippen LogP contribution in [0.4, 0.5) is 0 Å². The lowest BCUT2D eigenvalue weighted by Crippen LogP contribution is -2.52. The summed E-state index contributed by atoms with van der Waals surface area (Å²) in [5, 5.41) is 3.09. The smallest absolute Gasteiger partial charge is 0.329 e. The molecule has 150 valence electrons. The Balaban J connectivity index is 2.21. The minimum atomic E-state index is -0.671.